The van der Waals surface area contributed by atoms with E-state index >= 15 is 0 Å². The van der Waals surface area contributed by atoms with Crippen molar-refractivity contribution in [2.24, 2.45) is 10.1 Å². The van der Waals surface area contributed by atoms with Crippen LogP contribution in [0.25, 0.3) is 6.08 Å². The lowest BCUT2D eigenvalue weighted by Gasteiger charge is -2.18. The Hall–Kier alpha value is -6.73. The lowest BCUT2D eigenvalue weighted by Crippen LogP contribution is -2.32. The van der Waals surface area contributed by atoms with E-state index in [2.05, 4.69) is 15.5 Å². The maximum absolute atomic E-state index is 13.8. The molecule has 5 aromatic rings. The molecule has 0 fully saturated rings. The normalized spacial score (nSPS) is 13.8. The van der Waals surface area contributed by atoms with Crippen LogP contribution >= 0.6 is 0 Å². The standard InChI is InChI=1S/C36H25N5O7S/c42-35(39-37-24-26-11-17-30(18-12-26)41(44)45)28-15-19-29(20-16-28)40-34(27-7-3-1-4-8-27)38-33(36(40)43)23-25-13-21-31(22-14-25)48-49(46,47)32-9-5-2-6-10-32/h1-24H,(H,39,42)/b33-23-,37-24+. The van der Waals surface area contributed by atoms with Crippen molar-refractivity contribution in [1.82, 2.24) is 5.43 Å². The number of carbonyl (C=O) groups is 2. The van der Waals surface area contributed by atoms with Gasteiger partial charge in [-0.2, -0.15) is 13.5 Å². The van der Waals surface area contributed by atoms with Crippen LogP contribution in [0.4, 0.5) is 11.4 Å². The van der Waals surface area contributed by atoms with Crippen molar-refractivity contribution in [2.75, 3.05) is 4.90 Å². The second-order valence-electron chi connectivity index (χ2n) is 10.5. The summed E-state index contributed by atoms with van der Waals surface area (Å²) in [5.74, 6) is -0.412. The van der Waals surface area contributed by atoms with Crippen molar-refractivity contribution in [3.8, 4) is 5.75 Å². The quantitative estimate of drug-likeness (QED) is 0.0630. The van der Waals surface area contributed by atoms with Gasteiger partial charge in [-0.05, 0) is 77.9 Å². The summed E-state index contributed by atoms with van der Waals surface area (Å²) in [6.45, 7) is 0. The molecule has 12 nitrogen and oxygen atoms in total. The molecule has 0 unspecified atom stereocenters. The SMILES string of the molecule is O=C(N/N=C/c1ccc([N+](=O)[O-])cc1)c1ccc(N2C(=O)/C(=C/c3ccc(OS(=O)(=O)c4ccccc4)cc3)N=C2c2ccccc2)cc1. The topological polar surface area (TPSA) is 161 Å². The number of nitrogens with zero attached hydrogens (tertiary/aromatic N) is 4. The lowest BCUT2D eigenvalue weighted by molar-refractivity contribution is -0.384. The van der Waals surface area contributed by atoms with E-state index in [1.165, 1.54) is 59.6 Å². The Balaban J connectivity index is 1.19. The zero-order valence-corrected chi connectivity index (χ0v) is 26.2. The van der Waals surface area contributed by atoms with Crippen molar-refractivity contribution in [1.29, 1.82) is 0 Å². The van der Waals surface area contributed by atoms with Crippen LogP contribution in [0.1, 0.15) is 27.0 Å². The summed E-state index contributed by atoms with van der Waals surface area (Å²) in [6, 6.07) is 35.2. The van der Waals surface area contributed by atoms with E-state index in [9.17, 15) is 28.1 Å². The molecule has 1 aliphatic rings. The number of hydrogen-bond acceptors (Lipinski definition) is 9. The van der Waals surface area contributed by atoms with Crippen LogP contribution in [0.5, 0.6) is 5.75 Å². The Morgan fingerprint density at radius 3 is 2.06 bits per heavy atom. The summed E-state index contributed by atoms with van der Waals surface area (Å²) in [6.07, 6.45) is 2.95. The van der Waals surface area contributed by atoms with Gasteiger partial charge in [0.05, 0.1) is 16.8 Å². The van der Waals surface area contributed by atoms with Gasteiger partial charge < -0.3 is 4.18 Å². The number of hydrazone groups is 1. The molecule has 0 spiro atoms. The van der Waals surface area contributed by atoms with E-state index in [0.29, 0.717) is 28.2 Å². The molecule has 0 aromatic heterocycles. The van der Waals surface area contributed by atoms with Gasteiger partial charge in [0.2, 0.25) is 0 Å². The molecule has 0 bridgehead atoms. The number of anilines is 1. The van der Waals surface area contributed by atoms with Crippen LogP contribution < -0.4 is 14.5 Å². The van der Waals surface area contributed by atoms with Crippen molar-refractivity contribution >= 4 is 51.4 Å². The first-order valence-electron chi connectivity index (χ1n) is 14.7. The van der Waals surface area contributed by atoms with Crippen molar-refractivity contribution in [3.05, 3.63) is 172 Å². The van der Waals surface area contributed by atoms with Gasteiger partial charge in [-0.1, -0.05) is 60.7 Å². The minimum atomic E-state index is -4.01. The monoisotopic (exact) mass is 671 g/mol. The molecule has 13 heteroatoms. The highest BCUT2D eigenvalue weighted by atomic mass is 32.2. The number of rotatable bonds is 10. The highest BCUT2D eigenvalue weighted by Crippen LogP contribution is 2.29. The predicted molar refractivity (Wildman–Crippen MR) is 184 cm³/mol. The largest absolute Gasteiger partial charge is 0.379 e. The van der Waals surface area contributed by atoms with Crippen LogP contribution in [-0.4, -0.2) is 37.2 Å². The maximum atomic E-state index is 13.8. The van der Waals surface area contributed by atoms with E-state index in [1.807, 2.05) is 30.3 Å². The molecule has 49 heavy (non-hydrogen) atoms. The molecule has 0 atom stereocenters. The fraction of sp³-hybridized carbons (Fsp3) is 0. The van der Waals surface area contributed by atoms with E-state index < -0.39 is 26.9 Å². The first-order chi connectivity index (χ1) is 23.7. The highest BCUT2D eigenvalue weighted by Gasteiger charge is 2.32. The third-order valence-corrected chi connectivity index (χ3v) is 8.45. The van der Waals surface area contributed by atoms with E-state index in [1.54, 1.807) is 60.7 Å². The van der Waals surface area contributed by atoms with Crippen molar-refractivity contribution < 1.29 is 27.1 Å². The van der Waals surface area contributed by atoms with Crippen LogP contribution in [0.2, 0.25) is 0 Å². The van der Waals surface area contributed by atoms with Gasteiger partial charge in [0.25, 0.3) is 17.5 Å². The number of amidine groups is 1. The number of aliphatic imine (C=N–C) groups is 1. The molecule has 0 radical (unpaired) electrons. The minimum Gasteiger partial charge on any atom is -0.379 e. The molecule has 0 aliphatic carbocycles. The molecule has 242 valence electrons. The van der Waals surface area contributed by atoms with Gasteiger partial charge >= 0.3 is 10.1 Å². The molecule has 1 heterocycles. The summed E-state index contributed by atoms with van der Waals surface area (Å²) in [5, 5.41) is 14.7. The number of carbonyl (C=O) groups excluding carboxylic acids is 2. The van der Waals surface area contributed by atoms with E-state index in [4.69, 9.17) is 4.18 Å². The van der Waals surface area contributed by atoms with Crippen LogP contribution in [0.3, 0.4) is 0 Å². The number of nitrogens with one attached hydrogen (secondary N) is 1. The summed E-state index contributed by atoms with van der Waals surface area (Å²) in [5.41, 5.74) is 5.10. The summed E-state index contributed by atoms with van der Waals surface area (Å²) < 4.78 is 30.4. The highest BCUT2D eigenvalue weighted by molar-refractivity contribution is 7.87. The van der Waals surface area contributed by atoms with Crippen LogP contribution in [0.15, 0.2) is 154 Å². The Morgan fingerprint density at radius 2 is 1.43 bits per heavy atom. The van der Waals surface area contributed by atoms with Crippen LogP contribution in [0, 0.1) is 10.1 Å². The lowest BCUT2D eigenvalue weighted by atomic mass is 10.1. The third-order valence-electron chi connectivity index (χ3n) is 7.18. The predicted octanol–water partition coefficient (Wildman–Crippen LogP) is 5.96. The number of benzene rings is 5. The zero-order chi connectivity index (χ0) is 34.4. The van der Waals surface area contributed by atoms with Crippen molar-refractivity contribution in [2.45, 2.75) is 4.90 Å². The molecular weight excluding hydrogens is 646 g/mol. The minimum absolute atomic E-state index is 0.0301. The van der Waals surface area contributed by atoms with Gasteiger partial charge in [0.1, 0.15) is 22.2 Å². The fourth-order valence-corrected chi connectivity index (χ4v) is 5.70. The summed E-state index contributed by atoms with van der Waals surface area (Å²) in [7, 11) is -4.01. The van der Waals surface area contributed by atoms with Gasteiger partial charge in [0.15, 0.2) is 0 Å². The number of hydrogen-bond donors (Lipinski definition) is 1. The van der Waals surface area contributed by atoms with E-state index in [0.717, 1.165) is 0 Å². The molecule has 0 saturated heterocycles. The molecule has 1 aliphatic heterocycles. The average Bonchev–Trinajstić information content (AvgIpc) is 3.45. The Bertz CT molecular complexity index is 2220. The second-order valence-corrected chi connectivity index (χ2v) is 12.0. The first-order valence-corrected chi connectivity index (χ1v) is 16.1. The van der Waals surface area contributed by atoms with Crippen molar-refractivity contribution in [3.63, 3.8) is 0 Å². The number of amides is 2. The fourth-order valence-electron chi connectivity index (χ4n) is 4.75. The molecule has 0 saturated carbocycles. The number of non-ortho nitro benzene ring substituents is 1. The number of nitro groups is 1. The van der Waals surface area contributed by atoms with Gasteiger partial charge in [-0.3, -0.25) is 24.6 Å². The first kappa shape index (κ1) is 32.2. The van der Waals surface area contributed by atoms with Crippen LogP contribution in [-0.2, 0) is 14.9 Å². The Labute approximate surface area is 280 Å². The smallest absolute Gasteiger partial charge is 0.339 e. The summed E-state index contributed by atoms with van der Waals surface area (Å²) in [4.78, 5) is 42.9. The van der Waals surface area contributed by atoms with Gasteiger partial charge in [-0.25, -0.2) is 10.4 Å². The number of nitro benzene ring substituents is 1. The molecule has 6 rings (SSSR count). The second kappa shape index (κ2) is 13.9. The average molecular weight is 672 g/mol. The molecule has 5 aromatic carbocycles. The Morgan fingerprint density at radius 1 is 0.816 bits per heavy atom. The summed E-state index contributed by atoms with van der Waals surface area (Å²) >= 11 is 0. The third kappa shape index (κ3) is 7.48. The van der Waals surface area contributed by atoms with Gasteiger partial charge in [-0.15, -0.1) is 0 Å². The molecule has 2 amide bonds. The molecular formula is C36H25N5O7S. The molecule has 1 N–H and O–H groups in total. The zero-order valence-electron chi connectivity index (χ0n) is 25.4. The van der Waals surface area contributed by atoms with E-state index in [-0.39, 0.29) is 27.6 Å². The Kier molecular flexibility index (Phi) is 9.17. The van der Waals surface area contributed by atoms with Gasteiger partial charge in [0, 0.05) is 23.3 Å². The maximum Gasteiger partial charge on any atom is 0.339 e.